The van der Waals surface area contributed by atoms with Gasteiger partial charge in [-0.1, -0.05) is 20.8 Å². The van der Waals surface area contributed by atoms with Crippen molar-refractivity contribution < 1.29 is 9.53 Å². The van der Waals surface area contributed by atoms with Crippen molar-refractivity contribution in [2.75, 3.05) is 19.6 Å². The Labute approximate surface area is 130 Å². The zero-order valence-corrected chi connectivity index (χ0v) is 14.7. The van der Waals surface area contributed by atoms with Crippen molar-refractivity contribution in [1.29, 1.82) is 0 Å². The Morgan fingerprint density at radius 1 is 1.33 bits per heavy atom. The summed E-state index contributed by atoms with van der Waals surface area (Å²) in [6.07, 6.45) is 3.17. The molecule has 3 unspecified atom stereocenters. The highest BCUT2D eigenvalue weighted by molar-refractivity contribution is 5.82. The molecule has 3 atom stereocenters. The Balaban J connectivity index is 1.98. The van der Waals surface area contributed by atoms with Gasteiger partial charge < -0.3 is 4.74 Å². The Bertz CT molecular complexity index is 383. The Kier molecular flexibility index (Phi) is 4.84. The highest BCUT2D eigenvalue weighted by atomic mass is 16.5. The van der Waals surface area contributed by atoms with E-state index in [-0.39, 0.29) is 17.6 Å². The maximum atomic E-state index is 12.3. The fourth-order valence-corrected chi connectivity index (χ4v) is 4.11. The molecule has 0 aromatic carbocycles. The second-order valence-electron chi connectivity index (χ2n) is 8.88. The van der Waals surface area contributed by atoms with Gasteiger partial charge in [-0.3, -0.25) is 9.69 Å². The van der Waals surface area contributed by atoms with Crippen molar-refractivity contribution in [3.05, 3.63) is 0 Å². The van der Waals surface area contributed by atoms with Crippen LogP contribution in [0.1, 0.15) is 60.8 Å². The van der Waals surface area contributed by atoms with Crippen LogP contribution in [0.25, 0.3) is 0 Å². The van der Waals surface area contributed by atoms with E-state index in [9.17, 15) is 4.79 Å². The van der Waals surface area contributed by atoms with Crippen molar-refractivity contribution in [3.8, 4) is 0 Å². The second kappa shape index (κ2) is 6.00. The molecule has 0 N–H and O–H groups in total. The van der Waals surface area contributed by atoms with Crippen molar-refractivity contribution >= 4 is 5.78 Å². The number of hydrogen-bond donors (Lipinski definition) is 0. The monoisotopic (exact) mass is 295 g/mol. The SMILES string of the molecule is CC1CN(CC2CC(C(C)(C)C)CCC2=O)CC(C)(C)O1. The van der Waals surface area contributed by atoms with Crippen LogP contribution in [-0.4, -0.2) is 42.0 Å². The number of Topliss-reactive ketones (excluding diaryl/α,β-unsaturated/α-hetero) is 1. The van der Waals surface area contributed by atoms with Crippen LogP contribution in [0.5, 0.6) is 0 Å². The van der Waals surface area contributed by atoms with Gasteiger partial charge >= 0.3 is 0 Å². The van der Waals surface area contributed by atoms with Gasteiger partial charge in [0, 0.05) is 32.0 Å². The van der Waals surface area contributed by atoms with Gasteiger partial charge in [-0.25, -0.2) is 0 Å². The summed E-state index contributed by atoms with van der Waals surface area (Å²) in [5.74, 6) is 1.38. The third kappa shape index (κ3) is 4.53. The quantitative estimate of drug-likeness (QED) is 0.780. The molecule has 122 valence electrons. The summed E-state index contributed by atoms with van der Waals surface area (Å²) < 4.78 is 5.97. The zero-order valence-electron chi connectivity index (χ0n) is 14.7. The third-order valence-electron chi connectivity index (χ3n) is 5.11. The molecule has 1 saturated heterocycles. The highest BCUT2D eigenvalue weighted by Gasteiger charge is 2.38. The number of morpholine rings is 1. The summed E-state index contributed by atoms with van der Waals surface area (Å²) in [6, 6.07) is 0. The van der Waals surface area contributed by atoms with Gasteiger partial charge in [0.25, 0.3) is 0 Å². The lowest BCUT2D eigenvalue weighted by atomic mass is 9.68. The molecule has 2 rings (SSSR count). The molecule has 21 heavy (non-hydrogen) atoms. The molecular formula is C18H33NO2. The van der Waals surface area contributed by atoms with Crippen LogP contribution in [0, 0.1) is 17.3 Å². The second-order valence-corrected chi connectivity index (χ2v) is 8.88. The first-order valence-corrected chi connectivity index (χ1v) is 8.50. The van der Waals surface area contributed by atoms with E-state index in [2.05, 4.69) is 46.4 Å². The Hall–Kier alpha value is -0.410. The maximum absolute atomic E-state index is 12.3. The largest absolute Gasteiger partial charge is 0.370 e. The van der Waals surface area contributed by atoms with E-state index >= 15 is 0 Å². The lowest BCUT2D eigenvalue weighted by molar-refractivity contribution is -0.140. The molecule has 1 heterocycles. The van der Waals surface area contributed by atoms with E-state index in [4.69, 9.17) is 4.74 Å². The van der Waals surface area contributed by atoms with Crippen LogP contribution in [0.3, 0.4) is 0 Å². The van der Waals surface area contributed by atoms with E-state index in [1.807, 2.05) is 0 Å². The molecule has 1 aliphatic heterocycles. The van der Waals surface area contributed by atoms with Crippen LogP contribution in [0.15, 0.2) is 0 Å². The molecule has 2 fully saturated rings. The van der Waals surface area contributed by atoms with Gasteiger partial charge in [-0.05, 0) is 44.9 Å². The van der Waals surface area contributed by atoms with Gasteiger partial charge in [0.15, 0.2) is 0 Å². The van der Waals surface area contributed by atoms with E-state index in [1.165, 1.54) is 0 Å². The van der Waals surface area contributed by atoms with E-state index in [1.54, 1.807) is 0 Å². The average molecular weight is 295 g/mol. The molecule has 0 amide bonds. The first-order chi connectivity index (χ1) is 9.57. The molecule has 3 heteroatoms. The number of ether oxygens (including phenoxy) is 1. The summed E-state index contributed by atoms with van der Waals surface area (Å²) in [6.45, 7) is 16.2. The third-order valence-corrected chi connectivity index (χ3v) is 5.11. The fraction of sp³-hybridized carbons (Fsp3) is 0.944. The lowest BCUT2D eigenvalue weighted by Crippen LogP contribution is -2.53. The van der Waals surface area contributed by atoms with Crippen molar-refractivity contribution in [2.45, 2.75) is 72.5 Å². The molecule has 1 aliphatic carbocycles. The first kappa shape index (κ1) is 17.0. The van der Waals surface area contributed by atoms with Crippen molar-refractivity contribution in [1.82, 2.24) is 4.90 Å². The lowest BCUT2D eigenvalue weighted by Gasteiger charge is -2.44. The molecule has 3 nitrogen and oxygen atoms in total. The summed E-state index contributed by atoms with van der Waals surface area (Å²) in [5.41, 5.74) is 0.218. The predicted molar refractivity (Wildman–Crippen MR) is 86.4 cm³/mol. The normalized spacial score (nSPS) is 35.0. The Morgan fingerprint density at radius 3 is 2.57 bits per heavy atom. The topological polar surface area (TPSA) is 29.5 Å². The predicted octanol–water partition coefficient (Wildman–Crippen LogP) is 3.52. The van der Waals surface area contributed by atoms with Crippen molar-refractivity contribution in [3.63, 3.8) is 0 Å². The highest BCUT2D eigenvalue weighted by Crippen LogP contribution is 2.39. The van der Waals surface area contributed by atoms with E-state index in [0.29, 0.717) is 17.1 Å². The smallest absolute Gasteiger partial charge is 0.137 e. The van der Waals surface area contributed by atoms with Crippen molar-refractivity contribution in [2.24, 2.45) is 17.3 Å². The number of carbonyl (C=O) groups excluding carboxylic acids is 1. The van der Waals surface area contributed by atoms with Crippen LogP contribution in [-0.2, 0) is 9.53 Å². The minimum absolute atomic E-state index is 0.0984. The summed E-state index contributed by atoms with van der Waals surface area (Å²) >= 11 is 0. The maximum Gasteiger partial charge on any atom is 0.137 e. The molecule has 1 saturated carbocycles. The number of nitrogens with zero attached hydrogens (tertiary/aromatic N) is 1. The van der Waals surface area contributed by atoms with Gasteiger partial charge in [-0.15, -0.1) is 0 Å². The van der Waals surface area contributed by atoms with Crippen LogP contribution < -0.4 is 0 Å². The molecule has 0 radical (unpaired) electrons. The van der Waals surface area contributed by atoms with E-state index < -0.39 is 0 Å². The number of carbonyl (C=O) groups is 1. The molecule has 0 spiro atoms. The standard InChI is InChI=1S/C18H33NO2/c1-13-10-19(12-18(5,6)21-13)11-14-9-15(17(2,3)4)7-8-16(14)20/h13-15H,7-12H2,1-6H3. The zero-order chi connectivity index (χ0) is 15.8. The molecular weight excluding hydrogens is 262 g/mol. The molecule has 0 aromatic heterocycles. The van der Waals surface area contributed by atoms with Crippen LogP contribution >= 0.6 is 0 Å². The number of rotatable bonds is 2. The van der Waals surface area contributed by atoms with Crippen LogP contribution in [0.2, 0.25) is 0 Å². The summed E-state index contributed by atoms with van der Waals surface area (Å²) in [5, 5.41) is 0. The average Bonchev–Trinajstić information content (AvgIpc) is 2.27. The molecule has 2 aliphatic rings. The minimum Gasteiger partial charge on any atom is -0.370 e. The minimum atomic E-state index is -0.0984. The first-order valence-electron chi connectivity index (χ1n) is 8.50. The van der Waals surface area contributed by atoms with Gasteiger partial charge in [0.2, 0.25) is 0 Å². The molecule has 0 aromatic rings. The fourth-order valence-electron chi connectivity index (χ4n) is 4.11. The van der Waals surface area contributed by atoms with E-state index in [0.717, 1.165) is 38.9 Å². The van der Waals surface area contributed by atoms with Gasteiger partial charge in [0.05, 0.1) is 11.7 Å². The molecule has 0 bridgehead atoms. The van der Waals surface area contributed by atoms with Gasteiger partial charge in [-0.2, -0.15) is 0 Å². The van der Waals surface area contributed by atoms with Crippen LogP contribution in [0.4, 0.5) is 0 Å². The van der Waals surface area contributed by atoms with Gasteiger partial charge in [0.1, 0.15) is 5.78 Å². The summed E-state index contributed by atoms with van der Waals surface area (Å²) in [7, 11) is 0. The Morgan fingerprint density at radius 2 is 2.00 bits per heavy atom. The summed E-state index contributed by atoms with van der Waals surface area (Å²) in [4.78, 5) is 14.8. The number of ketones is 1. The number of hydrogen-bond acceptors (Lipinski definition) is 3.